The number of nitrogens with zero attached hydrogens (tertiary/aromatic N) is 3. The van der Waals surface area contributed by atoms with Crippen molar-refractivity contribution >= 4 is 0 Å². The van der Waals surface area contributed by atoms with Gasteiger partial charge in [-0.1, -0.05) is 26.0 Å². The van der Waals surface area contributed by atoms with Crippen LogP contribution in [0.1, 0.15) is 38.1 Å². The lowest BCUT2D eigenvalue weighted by molar-refractivity contribution is 0.223. The van der Waals surface area contributed by atoms with Gasteiger partial charge in [0.1, 0.15) is 12.4 Å². The summed E-state index contributed by atoms with van der Waals surface area (Å²) < 4.78 is 7.65. The first-order valence-corrected chi connectivity index (χ1v) is 8.79. The van der Waals surface area contributed by atoms with E-state index in [1.54, 1.807) is 0 Å². The van der Waals surface area contributed by atoms with Gasteiger partial charge in [-0.15, -0.1) is 0 Å². The molecule has 0 aliphatic rings. The number of nitrogens with one attached hydrogen (secondary N) is 1. The summed E-state index contributed by atoms with van der Waals surface area (Å²) in [7, 11) is 1.94. The summed E-state index contributed by atoms with van der Waals surface area (Å²) in [5, 5.41) is 7.93. The first-order valence-electron chi connectivity index (χ1n) is 8.79. The van der Waals surface area contributed by atoms with E-state index in [0.717, 1.165) is 44.2 Å². The minimum Gasteiger partial charge on any atom is -0.492 e. The number of benzene rings is 1. The Balaban J connectivity index is 1.75. The normalized spacial score (nSPS) is 12.5. The van der Waals surface area contributed by atoms with E-state index in [4.69, 9.17) is 4.74 Å². The Morgan fingerprint density at radius 2 is 1.88 bits per heavy atom. The molecule has 0 saturated carbocycles. The highest BCUT2D eigenvalue weighted by Crippen LogP contribution is 2.14. The highest BCUT2D eigenvalue weighted by Gasteiger charge is 2.07. The van der Waals surface area contributed by atoms with E-state index in [0.29, 0.717) is 0 Å². The fourth-order valence-corrected chi connectivity index (χ4v) is 2.58. The highest BCUT2D eigenvalue weighted by molar-refractivity contribution is 5.27. The second-order valence-corrected chi connectivity index (χ2v) is 6.04. The number of rotatable bonds is 10. The topological polar surface area (TPSA) is 42.3 Å². The lowest BCUT2D eigenvalue weighted by Crippen LogP contribution is -2.27. The van der Waals surface area contributed by atoms with Crippen LogP contribution in [0.4, 0.5) is 0 Å². The Bertz CT molecular complexity index is 590. The quantitative estimate of drug-likeness (QED) is 0.727. The van der Waals surface area contributed by atoms with Gasteiger partial charge in [-0.05, 0) is 43.8 Å². The maximum Gasteiger partial charge on any atom is 0.119 e. The van der Waals surface area contributed by atoms with Crippen LogP contribution in [0.2, 0.25) is 0 Å². The third-order valence-electron chi connectivity index (χ3n) is 4.28. The summed E-state index contributed by atoms with van der Waals surface area (Å²) >= 11 is 0. The summed E-state index contributed by atoms with van der Waals surface area (Å²) in [5.74, 6) is 0.934. The first-order chi connectivity index (χ1) is 11.6. The minimum absolute atomic E-state index is 0.233. The Kier molecular flexibility index (Phi) is 7.28. The number of aryl methyl sites for hydroxylation is 1. The van der Waals surface area contributed by atoms with Crippen LogP contribution in [0, 0.1) is 0 Å². The van der Waals surface area contributed by atoms with Crippen LogP contribution in [-0.2, 0) is 13.6 Å². The molecule has 0 radical (unpaired) electrons. The molecule has 2 rings (SSSR count). The van der Waals surface area contributed by atoms with Gasteiger partial charge in [0.05, 0.1) is 5.69 Å². The van der Waals surface area contributed by atoms with Gasteiger partial charge in [0, 0.05) is 32.4 Å². The second kappa shape index (κ2) is 9.45. The lowest BCUT2D eigenvalue weighted by atomic mass is 10.2. The smallest absolute Gasteiger partial charge is 0.119 e. The van der Waals surface area contributed by atoms with Crippen LogP contribution < -0.4 is 10.1 Å². The van der Waals surface area contributed by atoms with Gasteiger partial charge in [0.15, 0.2) is 0 Å². The van der Waals surface area contributed by atoms with Crippen LogP contribution >= 0.6 is 0 Å². The van der Waals surface area contributed by atoms with E-state index in [1.165, 1.54) is 5.56 Å². The van der Waals surface area contributed by atoms with Crippen molar-refractivity contribution < 1.29 is 4.74 Å². The average molecular weight is 330 g/mol. The van der Waals surface area contributed by atoms with Crippen LogP contribution in [0.5, 0.6) is 5.75 Å². The van der Waals surface area contributed by atoms with Gasteiger partial charge < -0.3 is 15.0 Å². The van der Waals surface area contributed by atoms with E-state index < -0.39 is 0 Å². The molecule has 0 bridgehead atoms. The van der Waals surface area contributed by atoms with Crippen LogP contribution in [0.25, 0.3) is 0 Å². The van der Waals surface area contributed by atoms with E-state index in [1.807, 2.05) is 36.1 Å². The third-order valence-corrected chi connectivity index (χ3v) is 4.28. The Hall–Kier alpha value is -1.85. The fourth-order valence-electron chi connectivity index (χ4n) is 2.58. The van der Waals surface area contributed by atoms with Gasteiger partial charge >= 0.3 is 0 Å². The van der Waals surface area contributed by atoms with E-state index in [9.17, 15) is 0 Å². The van der Waals surface area contributed by atoms with E-state index in [-0.39, 0.29) is 6.04 Å². The lowest BCUT2D eigenvalue weighted by Gasteiger charge is -2.18. The van der Waals surface area contributed by atoms with Gasteiger partial charge in [-0.3, -0.25) is 4.68 Å². The molecule has 0 saturated heterocycles. The standard InChI is InChI=1S/C19H30N4O/c1-5-23(6-2)13-14-24-18-9-7-17(8-10-18)15-20-16(3)19-11-12-22(4)21-19/h7-12,16,20H,5-6,13-15H2,1-4H3. The maximum atomic E-state index is 5.82. The number of hydrogen-bond donors (Lipinski definition) is 1. The molecule has 1 N–H and O–H groups in total. The molecule has 1 aromatic carbocycles. The molecule has 0 aliphatic heterocycles. The zero-order valence-corrected chi connectivity index (χ0v) is 15.3. The molecule has 0 amide bonds. The van der Waals surface area contributed by atoms with E-state index >= 15 is 0 Å². The molecule has 24 heavy (non-hydrogen) atoms. The molecule has 1 heterocycles. The highest BCUT2D eigenvalue weighted by atomic mass is 16.5. The molecular weight excluding hydrogens is 300 g/mol. The second-order valence-electron chi connectivity index (χ2n) is 6.04. The molecule has 132 valence electrons. The van der Waals surface area contributed by atoms with Crippen LogP contribution in [0.3, 0.4) is 0 Å². The zero-order chi connectivity index (χ0) is 17.4. The van der Waals surface area contributed by atoms with Crippen molar-refractivity contribution in [3.8, 4) is 5.75 Å². The summed E-state index contributed by atoms with van der Waals surface area (Å²) in [6.07, 6.45) is 1.97. The molecule has 1 aromatic heterocycles. The first kappa shape index (κ1) is 18.5. The van der Waals surface area contributed by atoms with Gasteiger partial charge in [-0.2, -0.15) is 5.10 Å². The molecule has 1 atom stereocenters. The zero-order valence-electron chi connectivity index (χ0n) is 15.3. The van der Waals surface area contributed by atoms with Gasteiger partial charge in [0.2, 0.25) is 0 Å². The maximum absolute atomic E-state index is 5.82. The number of likely N-dealkylation sites (N-methyl/N-ethyl adjacent to an activating group) is 1. The predicted molar refractivity (Wildman–Crippen MR) is 98.2 cm³/mol. The summed E-state index contributed by atoms with van der Waals surface area (Å²) in [6, 6.07) is 10.6. The Labute approximate surface area is 145 Å². The van der Waals surface area contributed by atoms with E-state index in [2.05, 4.69) is 48.2 Å². The molecule has 0 fully saturated rings. The Morgan fingerprint density at radius 1 is 1.17 bits per heavy atom. The number of hydrogen-bond acceptors (Lipinski definition) is 4. The molecule has 5 heteroatoms. The van der Waals surface area contributed by atoms with Crippen molar-refractivity contribution in [1.29, 1.82) is 0 Å². The molecular formula is C19H30N4O. The summed E-state index contributed by atoms with van der Waals surface area (Å²) in [4.78, 5) is 2.36. The van der Waals surface area contributed by atoms with Crippen molar-refractivity contribution in [3.63, 3.8) is 0 Å². The number of aromatic nitrogens is 2. The largest absolute Gasteiger partial charge is 0.492 e. The van der Waals surface area contributed by atoms with Crippen molar-refractivity contribution in [3.05, 3.63) is 47.8 Å². The van der Waals surface area contributed by atoms with Crippen LogP contribution in [0.15, 0.2) is 36.5 Å². The molecule has 1 unspecified atom stereocenters. The Morgan fingerprint density at radius 3 is 2.46 bits per heavy atom. The number of ether oxygens (including phenoxy) is 1. The summed E-state index contributed by atoms with van der Waals surface area (Å²) in [6.45, 7) is 11.1. The minimum atomic E-state index is 0.233. The van der Waals surface area contributed by atoms with Gasteiger partial charge in [0.25, 0.3) is 0 Å². The molecule has 0 aliphatic carbocycles. The predicted octanol–water partition coefficient (Wildman–Crippen LogP) is 2.99. The van der Waals surface area contributed by atoms with Crippen molar-refractivity contribution in [2.24, 2.45) is 7.05 Å². The van der Waals surface area contributed by atoms with Crippen molar-refractivity contribution in [1.82, 2.24) is 20.0 Å². The van der Waals surface area contributed by atoms with Crippen LogP contribution in [-0.4, -0.2) is 40.9 Å². The fraction of sp³-hybridized carbons (Fsp3) is 0.526. The van der Waals surface area contributed by atoms with Crippen molar-refractivity contribution in [2.75, 3.05) is 26.2 Å². The average Bonchev–Trinajstić information content (AvgIpc) is 3.04. The molecule has 2 aromatic rings. The molecule has 5 nitrogen and oxygen atoms in total. The van der Waals surface area contributed by atoms with Crippen molar-refractivity contribution in [2.45, 2.75) is 33.4 Å². The third kappa shape index (κ3) is 5.65. The summed E-state index contributed by atoms with van der Waals surface area (Å²) in [5.41, 5.74) is 2.31. The van der Waals surface area contributed by atoms with Gasteiger partial charge in [-0.25, -0.2) is 0 Å². The SMILES string of the molecule is CCN(CC)CCOc1ccc(CNC(C)c2ccn(C)n2)cc1. The monoisotopic (exact) mass is 330 g/mol. The molecule has 0 spiro atoms.